The van der Waals surface area contributed by atoms with Gasteiger partial charge < -0.3 is 21.3 Å². The lowest BCUT2D eigenvalue weighted by Crippen LogP contribution is -2.34. The van der Waals surface area contributed by atoms with Crippen molar-refractivity contribution in [1.29, 1.82) is 0 Å². The van der Waals surface area contributed by atoms with Crippen LogP contribution < -0.4 is 21.3 Å². The van der Waals surface area contributed by atoms with E-state index in [1.807, 2.05) is 108 Å². The molecule has 0 aliphatic carbocycles. The Morgan fingerprint density at radius 2 is 0.694 bits per heavy atom. The van der Waals surface area contributed by atoms with E-state index in [9.17, 15) is 19.2 Å². The number of rotatable bonds is 14. The topological polar surface area (TPSA) is 116 Å². The Morgan fingerprint density at radius 1 is 0.388 bits per heavy atom. The Bertz CT molecular complexity index is 1850. The molecular weight excluding hydrogens is 612 g/mol. The van der Waals surface area contributed by atoms with Gasteiger partial charge in [0, 0.05) is 48.4 Å². The highest BCUT2D eigenvalue weighted by atomic mass is 16.2. The van der Waals surface area contributed by atoms with E-state index in [4.69, 9.17) is 0 Å². The number of carbonyl (C=O) groups excluding carboxylic acids is 4. The Labute approximate surface area is 290 Å². The Morgan fingerprint density at radius 3 is 1.04 bits per heavy atom. The molecule has 0 spiro atoms. The van der Waals surface area contributed by atoms with Gasteiger partial charge >= 0.3 is 0 Å². The Balaban J connectivity index is 1.23. The van der Waals surface area contributed by atoms with Crippen molar-refractivity contribution < 1.29 is 19.2 Å². The molecular formula is C41H48N4O4. The lowest BCUT2D eigenvalue weighted by molar-refractivity contribution is 0.0927. The maximum absolute atomic E-state index is 12.9. The third-order valence-electron chi connectivity index (χ3n) is 9.05. The van der Waals surface area contributed by atoms with Gasteiger partial charge in [0.25, 0.3) is 23.6 Å². The number of hydrogen-bond donors (Lipinski definition) is 4. The fraction of sp³-hybridized carbons (Fsp3) is 0.317. The van der Waals surface area contributed by atoms with Crippen LogP contribution in [0.25, 0.3) is 0 Å². The van der Waals surface area contributed by atoms with Crippen LogP contribution in [-0.2, 0) is 12.8 Å². The molecule has 0 fully saturated rings. The van der Waals surface area contributed by atoms with Crippen molar-refractivity contribution in [2.45, 2.75) is 60.8 Å². The van der Waals surface area contributed by atoms with E-state index in [1.165, 1.54) is 0 Å². The van der Waals surface area contributed by atoms with Crippen molar-refractivity contribution in [3.63, 3.8) is 0 Å². The second-order valence-corrected chi connectivity index (χ2v) is 12.8. The molecule has 0 saturated heterocycles. The highest BCUT2D eigenvalue weighted by Gasteiger charge is 2.13. The monoisotopic (exact) mass is 660 g/mol. The minimum absolute atomic E-state index is 0.117. The van der Waals surface area contributed by atoms with Crippen molar-refractivity contribution in [2.75, 3.05) is 26.2 Å². The smallest absolute Gasteiger partial charge is 0.251 e. The quantitative estimate of drug-likeness (QED) is 0.124. The van der Waals surface area contributed by atoms with E-state index in [0.29, 0.717) is 67.7 Å². The van der Waals surface area contributed by atoms with Gasteiger partial charge in [0.1, 0.15) is 0 Å². The van der Waals surface area contributed by atoms with Crippen LogP contribution in [0.1, 0.15) is 92.4 Å². The van der Waals surface area contributed by atoms with Crippen molar-refractivity contribution in [3.05, 3.63) is 140 Å². The Hall–Kier alpha value is -5.24. The molecule has 0 saturated carbocycles. The van der Waals surface area contributed by atoms with Crippen LogP contribution in [0.15, 0.2) is 72.8 Å². The first-order chi connectivity index (χ1) is 23.4. The zero-order chi connectivity index (χ0) is 35.5. The molecule has 49 heavy (non-hydrogen) atoms. The first-order valence-corrected chi connectivity index (χ1v) is 16.9. The molecule has 8 nitrogen and oxygen atoms in total. The molecule has 4 aromatic rings. The standard InChI is InChI=1S/C41H48N4O4/c1-26-8-12-34(22-30(26)5)38(46)42-18-7-19-43-40(48)36-14-10-28(3)32(24-36)16-17-33-25-37(15-11-29(33)4)41(49)45-21-20-44-39(47)35-13-9-27(2)31(6)23-35/h8-15,22-25H,7,16-21H2,1-6H3,(H,42,46)(H,43,48)(H,44,47)(H,45,49). The molecule has 0 heterocycles. The first-order valence-electron chi connectivity index (χ1n) is 16.9. The van der Waals surface area contributed by atoms with Crippen molar-refractivity contribution in [2.24, 2.45) is 0 Å². The summed E-state index contributed by atoms with van der Waals surface area (Å²) < 4.78 is 0. The number of aryl methyl sites for hydroxylation is 8. The van der Waals surface area contributed by atoms with E-state index in [2.05, 4.69) is 21.3 Å². The highest BCUT2D eigenvalue weighted by Crippen LogP contribution is 2.18. The molecule has 0 bridgehead atoms. The zero-order valence-corrected chi connectivity index (χ0v) is 29.5. The van der Waals surface area contributed by atoms with Crippen LogP contribution in [0.2, 0.25) is 0 Å². The van der Waals surface area contributed by atoms with E-state index in [0.717, 1.165) is 44.5 Å². The summed E-state index contributed by atoms with van der Waals surface area (Å²) in [7, 11) is 0. The molecule has 0 aromatic heterocycles. The normalized spacial score (nSPS) is 10.7. The molecule has 256 valence electrons. The molecule has 4 N–H and O–H groups in total. The number of carbonyl (C=O) groups is 4. The average Bonchev–Trinajstić information content (AvgIpc) is 3.08. The third-order valence-corrected chi connectivity index (χ3v) is 9.05. The Kier molecular flexibility index (Phi) is 12.9. The summed E-state index contributed by atoms with van der Waals surface area (Å²) in [6.45, 7) is 13.6. The number of nitrogens with one attached hydrogen (secondary N) is 4. The summed E-state index contributed by atoms with van der Waals surface area (Å²) in [5.74, 6) is -0.627. The minimum atomic E-state index is -0.193. The van der Waals surface area contributed by atoms with Gasteiger partial charge in [-0.1, -0.05) is 24.3 Å². The maximum Gasteiger partial charge on any atom is 0.251 e. The molecule has 4 amide bonds. The summed E-state index contributed by atoms with van der Waals surface area (Å²) in [6.07, 6.45) is 2.05. The second kappa shape index (κ2) is 17.2. The van der Waals surface area contributed by atoms with Gasteiger partial charge in [-0.05, 0) is 154 Å². The SMILES string of the molecule is Cc1ccc(C(=O)NCCCNC(=O)c2ccc(C)c(CCc3cc(C(=O)NCCNC(=O)c4ccc(C)c(C)c4)ccc3C)c2)cc1C. The van der Waals surface area contributed by atoms with E-state index >= 15 is 0 Å². The van der Waals surface area contributed by atoms with Crippen LogP contribution in [0, 0.1) is 41.5 Å². The average molecular weight is 661 g/mol. The molecule has 4 rings (SSSR count). The molecule has 0 unspecified atom stereocenters. The summed E-state index contributed by atoms with van der Waals surface area (Å²) >= 11 is 0. The van der Waals surface area contributed by atoms with Crippen molar-refractivity contribution >= 4 is 23.6 Å². The van der Waals surface area contributed by atoms with Gasteiger partial charge in [-0.25, -0.2) is 0 Å². The second-order valence-electron chi connectivity index (χ2n) is 12.8. The third kappa shape index (κ3) is 10.4. The van der Waals surface area contributed by atoms with Crippen molar-refractivity contribution in [3.8, 4) is 0 Å². The van der Waals surface area contributed by atoms with Gasteiger partial charge in [0.2, 0.25) is 0 Å². The zero-order valence-electron chi connectivity index (χ0n) is 29.5. The minimum Gasteiger partial charge on any atom is -0.352 e. The summed E-state index contributed by atoms with van der Waals surface area (Å²) in [6, 6.07) is 22.7. The lowest BCUT2D eigenvalue weighted by Gasteiger charge is -2.13. The predicted octanol–water partition coefficient (Wildman–Crippen LogP) is 6.03. The molecule has 0 aliphatic heterocycles. The van der Waals surface area contributed by atoms with Crippen LogP contribution in [0.3, 0.4) is 0 Å². The lowest BCUT2D eigenvalue weighted by atomic mass is 9.95. The van der Waals surface area contributed by atoms with E-state index in [1.54, 1.807) is 6.07 Å². The van der Waals surface area contributed by atoms with Crippen LogP contribution in [0.5, 0.6) is 0 Å². The fourth-order valence-corrected chi connectivity index (χ4v) is 5.45. The predicted molar refractivity (Wildman–Crippen MR) is 196 cm³/mol. The van der Waals surface area contributed by atoms with Crippen molar-refractivity contribution in [1.82, 2.24) is 21.3 Å². The van der Waals surface area contributed by atoms with Gasteiger partial charge in [-0.15, -0.1) is 0 Å². The molecule has 0 radical (unpaired) electrons. The van der Waals surface area contributed by atoms with Crippen LogP contribution >= 0.6 is 0 Å². The number of hydrogen-bond acceptors (Lipinski definition) is 4. The number of benzene rings is 4. The summed E-state index contributed by atoms with van der Waals surface area (Å²) in [5.41, 5.74) is 11.1. The van der Waals surface area contributed by atoms with E-state index in [-0.39, 0.29) is 23.6 Å². The molecule has 0 atom stereocenters. The first kappa shape index (κ1) is 36.6. The van der Waals surface area contributed by atoms with E-state index < -0.39 is 0 Å². The molecule has 0 aliphatic rings. The largest absolute Gasteiger partial charge is 0.352 e. The van der Waals surface area contributed by atoms with Crippen LogP contribution in [0.4, 0.5) is 0 Å². The molecule has 4 aromatic carbocycles. The fourth-order valence-electron chi connectivity index (χ4n) is 5.45. The maximum atomic E-state index is 12.9. The summed E-state index contributed by atoms with van der Waals surface area (Å²) in [5, 5.41) is 11.6. The van der Waals surface area contributed by atoms with Gasteiger partial charge in [-0.2, -0.15) is 0 Å². The van der Waals surface area contributed by atoms with Crippen LogP contribution in [-0.4, -0.2) is 49.8 Å². The van der Waals surface area contributed by atoms with Gasteiger partial charge in [0.15, 0.2) is 0 Å². The number of amides is 4. The highest BCUT2D eigenvalue weighted by molar-refractivity contribution is 5.96. The molecule has 8 heteroatoms. The van der Waals surface area contributed by atoms with Gasteiger partial charge in [-0.3, -0.25) is 19.2 Å². The summed E-state index contributed by atoms with van der Waals surface area (Å²) in [4.78, 5) is 50.7. The van der Waals surface area contributed by atoms with Gasteiger partial charge in [0.05, 0.1) is 0 Å².